The van der Waals surface area contributed by atoms with E-state index in [9.17, 15) is 0 Å². The van der Waals surface area contributed by atoms with E-state index in [0.717, 1.165) is 26.2 Å². The summed E-state index contributed by atoms with van der Waals surface area (Å²) < 4.78 is 0. The largest absolute Gasteiger partial charge is 0.305 e. The van der Waals surface area contributed by atoms with E-state index in [0.29, 0.717) is 0 Å². The van der Waals surface area contributed by atoms with Crippen molar-refractivity contribution < 1.29 is 0 Å². The molecule has 0 bridgehead atoms. The molecule has 1 aromatic rings. The van der Waals surface area contributed by atoms with Crippen molar-refractivity contribution in [1.82, 2.24) is 19.6 Å². The Labute approximate surface area is 150 Å². The van der Waals surface area contributed by atoms with Crippen LogP contribution in [-0.4, -0.2) is 76.0 Å². The third kappa shape index (κ3) is 5.55. The van der Waals surface area contributed by atoms with Crippen LogP contribution in [0.3, 0.4) is 0 Å². The van der Waals surface area contributed by atoms with Crippen LogP contribution in [-0.2, 0) is 26.2 Å². The van der Waals surface area contributed by atoms with Crippen LogP contribution in [0.4, 0.5) is 0 Å². The van der Waals surface area contributed by atoms with Gasteiger partial charge in [0, 0.05) is 26.2 Å². The van der Waals surface area contributed by atoms with Gasteiger partial charge in [-0.3, -0.25) is 0 Å². The number of rotatable bonds is 8. The zero-order valence-corrected chi connectivity index (χ0v) is 17.6. The molecule has 0 saturated carbocycles. The van der Waals surface area contributed by atoms with Gasteiger partial charge in [-0.05, 0) is 104 Å². The van der Waals surface area contributed by atoms with Crippen molar-refractivity contribution in [2.45, 2.75) is 40.0 Å². The molecular formula is C20H38N4. The first-order chi connectivity index (χ1) is 11.0. The predicted molar refractivity (Wildman–Crippen MR) is 105 cm³/mol. The van der Waals surface area contributed by atoms with Crippen molar-refractivity contribution in [1.29, 1.82) is 0 Å². The molecule has 0 N–H and O–H groups in total. The summed E-state index contributed by atoms with van der Waals surface area (Å²) in [6.07, 6.45) is 0. The fraction of sp³-hybridized carbons (Fsp3) is 0.700. The number of hydrogen-bond donors (Lipinski definition) is 0. The van der Waals surface area contributed by atoms with Gasteiger partial charge in [0.1, 0.15) is 0 Å². The lowest BCUT2D eigenvalue weighted by molar-refractivity contribution is 0.367. The molecule has 1 aromatic carbocycles. The summed E-state index contributed by atoms with van der Waals surface area (Å²) in [6, 6.07) is 0. The molecule has 0 heterocycles. The van der Waals surface area contributed by atoms with Crippen molar-refractivity contribution in [3.8, 4) is 0 Å². The second-order valence-electron chi connectivity index (χ2n) is 8.12. The summed E-state index contributed by atoms with van der Waals surface area (Å²) in [5.41, 5.74) is 8.96. The van der Waals surface area contributed by atoms with Crippen LogP contribution in [0.2, 0.25) is 0 Å². The zero-order chi connectivity index (χ0) is 18.6. The molecule has 0 fully saturated rings. The number of benzene rings is 1. The van der Waals surface area contributed by atoms with E-state index < -0.39 is 0 Å². The van der Waals surface area contributed by atoms with Crippen molar-refractivity contribution in [2.24, 2.45) is 0 Å². The fourth-order valence-electron chi connectivity index (χ4n) is 3.39. The van der Waals surface area contributed by atoms with E-state index in [-0.39, 0.29) is 0 Å². The summed E-state index contributed by atoms with van der Waals surface area (Å²) in [4.78, 5) is 9.13. The lowest BCUT2D eigenvalue weighted by Crippen LogP contribution is -2.24. The Morgan fingerprint density at radius 1 is 0.417 bits per heavy atom. The lowest BCUT2D eigenvalue weighted by Gasteiger charge is -2.29. The van der Waals surface area contributed by atoms with Gasteiger partial charge >= 0.3 is 0 Å². The van der Waals surface area contributed by atoms with Crippen LogP contribution in [0.25, 0.3) is 0 Å². The van der Waals surface area contributed by atoms with Gasteiger partial charge in [0.05, 0.1) is 0 Å². The smallest absolute Gasteiger partial charge is 0.0233 e. The Morgan fingerprint density at radius 2 is 0.583 bits per heavy atom. The molecular weight excluding hydrogens is 296 g/mol. The van der Waals surface area contributed by atoms with E-state index in [1.807, 2.05) is 0 Å². The quantitative estimate of drug-likeness (QED) is 0.724. The molecule has 0 radical (unpaired) electrons. The average Bonchev–Trinajstić information content (AvgIpc) is 2.42. The van der Waals surface area contributed by atoms with E-state index in [1.165, 1.54) is 33.4 Å². The number of hydrogen-bond acceptors (Lipinski definition) is 4. The Bertz CT molecular complexity index is 451. The normalized spacial score (nSPS) is 12.2. The highest BCUT2D eigenvalue weighted by Gasteiger charge is 2.20. The molecule has 0 unspecified atom stereocenters. The minimum Gasteiger partial charge on any atom is -0.305 e. The highest BCUT2D eigenvalue weighted by molar-refractivity contribution is 5.51. The topological polar surface area (TPSA) is 13.0 Å². The van der Waals surface area contributed by atoms with Crippen molar-refractivity contribution in [3.63, 3.8) is 0 Å². The molecule has 0 spiro atoms. The van der Waals surface area contributed by atoms with Crippen LogP contribution in [0.15, 0.2) is 0 Å². The van der Waals surface area contributed by atoms with Crippen molar-refractivity contribution in [3.05, 3.63) is 33.4 Å². The van der Waals surface area contributed by atoms with Crippen molar-refractivity contribution in [2.75, 3.05) is 56.4 Å². The molecule has 0 aromatic heterocycles. The summed E-state index contributed by atoms with van der Waals surface area (Å²) >= 11 is 0. The molecule has 4 heteroatoms. The monoisotopic (exact) mass is 334 g/mol. The van der Waals surface area contributed by atoms with Crippen LogP contribution in [0.1, 0.15) is 33.4 Å². The zero-order valence-electron chi connectivity index (χ0n) is 17.6. The van der Waals surface area contributed by atoms with Gasteiger partial charge in [0.25, 0.3) is 0 Å². The molecule has 4 nitrogen and oxygen atoms in total. The standard InChI is InChI=1S/C20H38N4/c1-15-17(11-21(3)4)19(13-23(7)8)16(2)20(14-24(9)10)18(15)12-22(5)6/h11-14H2,1-10H3. The second-order valence-corrected chi connectivity index (χ2v) is 8.12. The first-order valence-corrected chi connectivity index (χ1v) is 8.76. The van der Waals surface area contributed by atoms with Gasteiger partial charge in [-0.15, -0.1) is 0 Å². The maximum atomic E-state index is 2.31. The fourth-order valence-corrected chi connectivity index (χ4v) is 3.39. The highest BCUT2D eigenvalue weighted by atomic mass is 15.1. The maximum Gasteiger partial charge on any atom is 0.0233 e. The van der Waals surface area contributed by atoms with E-state index in [2.05, 4.69) is 89.8 Å². The SMILES string of the molecule is Cc1c(CN(C)C)c(CN(C)C)c(C)c(CN(C)C)c1CN(C)C. The molecule has 0 aliphatic heterocycles. The Hall–Kier alpha value is -0.940. The van der Waals surface area contributed by atoms with Crippen LogP contribution in [0, 0.1) is 13.8 Å². The molecule has 0 atom stereocenters. The van der Waals surface area contributed by atoms with Gasteiger partial charge in [-0.1, -0.05) is 0 Å². The Morgan fingerprint density at radius 3 is 0.708 bits per heavy atom. The second kappa shape index (κ2) is 8.95. The van der Waals surface area contributed by atoms with Gasteiger partial charge in [-0.2, -0.15) is 0 Å². The molecule has 0 aliphatic carbocycles. The lowest BCUT2D eigenvalue weighted by atomic mass is 9.86. The first kappa shape index (κ1) is 21.1. The maximum absolute atomic E-state index is 2.31. The Kier molecular flexibility index (Phi) is 7.87. The molecule has 1 rings (SSSR count). The van der Waals surface area contributed by atoms with Gasteiger partial charge in [-0.25, -0.2) is 0 Å². The first-order valence-electron chi connectivity index (χ1n) is 8.76. The van der Waals surface area contributed by atoms with Gasteiger partial charge in [0.2, 0.25) is 0 Å². The third-order valence-electron chi connectivity index (χ3n) is 4.44. The molecule has 0 saturated heterocycles. The predicted octanol–water partition coefficient (Wildman–Crippen LogP) is 2.55. The molecule has 24 heavy (non-hydrogen) atoms. The van der Waals surface area contributed by atoms with Gasteiger partial charge < -0.3 is 19.6 Å². The summed E-state index contributed by atoms with van der Waals surface area (Å²) in [7, 11) is 17.3. The summed E-state index contributed by atoms with van der Waals surface area (Å²) in [5, 5.41) is 0. The van der Waals surface area contributed by atoms with Crippen LogP contribution in [0.5, 0.6) is 0 Å². The van der Waals surface area contributed by atoms with Crippen LogP contribution < -0.4 is 0 Å². The van der Waals surface area contributed by atoms with E-state index >= 15 is 0 Å². The molecule has 138 valence electrons. The minimum absolute atomic E-state index is 0.999. The van der Waals surface area contributed by atoms with Gasteiger partial charge in [0.15, 0.2) is 0 Å². The Balaban J connectivity index is 3.64. The van der Waals surface area contributed by atoms with Crippen LogP contribution >= 0.6 is 0 Å². The number of nitrogens with zero attached hydrogens (tertiary/aromatic N) is 4. The highest BCUT2D eigenvalue weighted by Crippen LogP contribution is 2.31. The van der Waals surface area contributed by atoms with Crippen molar-refractivity contribution >= 4 is 0 Å². The summed E-state index contributed by atoms with van der Waals surface area (Å²) in [5.74, 6) is 0. The molecule has 0 amide bonds. The third-order valence-corrected chi connectivity index (χ3v) is 4.44. The molecule has 0 aliphatic rings. The average molecular weight is 335 g/mol. The van der Waals surface area contributed by atoms with E-state index in [4.69, 9.17) is 0 Å². The minimum atomic E-state index is 0.999. The van der Waals surface area contributed by atoms with E-state index in [1.54, 1.807) is 0 Å². The summed E-state index contributed by atoms with van der Waals surface area (Å²) in [6.45, 7) is 8.62.